The van der Waals surface area contributed by atoms with Crippen LogP contribution in [0.25, 0.3) is 10.8 Å². The van der Waals surface area contributed by atoms with Gasteiger partial charge >= 0.3 is 0 Å². The summed E-state index contributed by atoms with van der Waals surface area (Å²) in [5, 5.41) is 5.27. The molecule has 18 heavy (non-hydrogen) atoms. The van der Waals surface area contributed by atoms with E-state index in [0.29, 0.717) is 0 Å². The highest BCUT2D eigenvalue weighted by Gasteiger charge is 2.14. The third-order valence-corrected chi connectivity index (χ3v) is 3.06. The molecular formula is C15H18N2O. The standard InChI is InChI=1S/C15H18N2O/c1-10(16)15(18)17-11(2)13-9-5-7-12-6-3-4-8-14(12)13/h3-11H,16H2,1-2H3,(H,17,18)/t10-,11?/m0/s1. The molecule has 2 aromatic rings. The van der Waals surface area contributed by atoms with Crippen LogP contribution in [0.2, 0.25) is 0 Å². The molecule has 3 nitrogen and oxygen atoms in total. The lowest BCUT2D eigenvalue weighted by molar-refractivity contribution is -0.122. The molecule has 0 aliphatic carbocycles. The van der Waals surface area contributed by atoms with Crippen LogP contribution in [0.4, 0.5) is 0 Å². The fraction of sp³-hybridized carbons (Fsp3) is 0.267. The molecule has 1 unspecified atom stereocenters. The Morgan fingerprint density at radius 2 is 1.78 bits per heavy atom. The van der Waals surface area contributed by atoms with Crippen molar-refractivity contribution in [3.63, 3.8) is 0 Å². The molecule has 0 saturated heterocycles. The summed E-state index contributed by atoms with van der Waals surface area (Å²) < 4.78 is 0. The van der Waals surface area contributed by atoms with Gasteiger partial charge in [0.15, 0.2) is 0 Å². The number of rotatable bonds is 3. The zero-order chi connectivity index (χ0) is 13.1. The van der Waals surface area contributed by atoms with Crippen LogP contribution < -0.4 is 11.1 Å². The van der Waals surface area contributed by atoms with Crippen molar-refractivity contribution in [3.8, 4) is 0 Å². The number of hydrogen-bond acceptors (Lipinski definition) is 2. The molecule has 2 atom stereocenters. The average Bonchev–Trinajstić information content (AvgIpc) is 2.37. The number of amides is 1. The van der Waals surface area contributed by atoms with E-state index in [9.17, 15) is 4.79 Å². The molecule has 94 valence electrons. The first-order valence-electron chi connectivity index (χ1n) is 6.13. The molecule has 0 spiro atoms. The van der Waals surface area contributed by atoms with Crippen molar-refractivity contribution in [2.24, 2.45) is 5.73 Å². The lowest BCUT2D eigenvalue weighted by Crippen LogP contribution is -2.39. The SMILES string of the molecule is CC(NC(=O)[C@H](C)N)c1cccc2ccccc12. The Balaban J connectivity index is 2.33. The summed E-state index contributed by atoms with van der Waals surface area (Å²) in [5.41, 5.74) is 6.68. The first-order valence-corrected chi connectivity index (χ1v) is 6.13. The summed E-state index contributed by atoms with van der Waals surface area (Å²) in [6.07, 6.45) is 0. The van der Waals surface area contributed by atoms with E-state index in [4.69, 9.17) is 5.73 Å². The van der Waals surface area contributed by atoms with Crippen molar-refractivity contribution < 1.29 is 4.79 Å². The maximum Gasteiger partial charge on any atom is 0.237 e. The van der Waals surface area contributed by atoms with E-state index in [1.54, 1.807) is 6.92 Å². The molecule has 0 radical (unpaired) electrons. The van der Waals surface area contributed by atoms with E-state index >= 15 is 0 Å². The van der Waals surface area contributed by atoms with Crippen molar-refractivity contribution in [2.75, 3.05) is 0 Å². The molecule has 3 heteroatoms. The van der Waals surface area contributed by atoms with E-state index < -0.39 is 6.04 Å². The van der Waals surface area contributed by atoms with Gasteiger partial charge in [0.2, 0.25) is 5.91 Å². The zero-order valence-corrected chi connectivity index (χ0v) is 10.7. The van der Waals surface area contributed by atoms with Crippen LogP contribution in [-0.4, -0.2) is 11.9 Å². The number of benzene rings is 2. The van der Waals surface area contributed by atoms with Gasteiger partial charge in [-0.3, -0.25) is 4.79 Å². The number of carbonyl (C=O) groups is 1. The second-order valence-electron chi connectivity index (χ2n) is 4.59. The molecular weight excluding hydrogens is 224 g/mol. The number of nitrogens with one attached hydrogen (secondary N) is 1. The summed E-state index contributed by atoms with van der Waals surface area (Å²) in [7, 11) is 0. The Morgan fingerprint density at radius 3 is 2.50 bits per heavy atom. The molecule has 3 N–H and O–H groups in total. The van der Waals surface area contributed by atoms with Gasteiger partial charge in [0.1, 0.15) is 0 Å². The van der Waals surface area contributed by atoms with Crippen LogP contribution in [0, 0.1) is 0 Å². The molecule has 0 aromatic heterocycles. The second kappa shape index (κ2) is 5.19. The first-order chi connectivity index (χ1) is 8.59. The van der Waals surface area contributed by atoms with Crippen molar-refractivity contribution >= 4 is 16.7 Å². The van der Waals surface area contributed by atoms with E-state index in [0.717, 1.165) is 10.9 Å². The van der Waals surface area contributed by atoms with Gasteiger partial charge in [-0.25, -0.2) is 0 Å². The minimum absolute atomic E-state index is 0.0467. The minimum Gasteiger partial charge on any atom is -0.348 e. The normalized spacial score (nSPS) is 14.2. The van der Waals surface area contributed by atoms with Gasteiger partial charge in [0.25, 0.3) is 0 Å². The van der Waals surface area contributed by atoms with Crippen LogP contribution in [0.5, 0.6) is 0 Å². The van der Waals surface area contributed by atoms with Gasteiger partial charge in [-0.15, -0.1) is 0 Å². The van der Waals surface area contributed by atoms with E-state index in [1.807, 2.05) is 31.2 Å². The smallest absolute Gasteiger partial charge is 0.237 e. The quantitative estimate of drug-likeness (QED) is 0.868. The fourth-order valence-corrected chi connectivity index (χ4v) is 2.05. The third-order valence-electron chi connectivity index (χ3n) is 3.06. The average molecular weight is 242 g/mol. The highest BCUT2D eigenvalue weighted by molar-refractivity contribution is 5.87. The Labute approximate surface area is 107 Å². The molecule has 0 saturated carbocycles. The monoisotopic (exact) mass is 242 g/mol. The van der Waals surface area contributed by atoms with Gasteiger partial charge in [-0.2, -0.15) is 0 Å². The summed E-state index contributed by atoms with van der Waals surface area (Å²) >= 11 is 0. The molecule has 1 amide bonds. The van der Waals surface area contributed by atoms with Gasteiger partial charge in [0.05, 0.1) is 12.1 Å². The maximum atomic E-state index is 11.6. The molecule has 0 heterocycles. The Bertz CT molecular complexity index is 558. The van der Waals surface area contributed by atoms with Gasteiger partial charge in [-0.05, 0) is 30.2 Å². The lowest BCUT2D eigenvalue weighted by Gasteiger charge is -2.17. The predicted molar refractivity (Wildman–Crippen MR) is 74.2 cm³/mol. The van der Waals surface area contributed by atoms with Gasteiger partial charge in [-0.1, -0.05) is 42.5 Å². The van der Waals surface area contributed by atoms with Crippen LogP contribution in [0.1, 0.15) is 25.5 Å². The molecule has 0 aliphatic heterocycles. The fourth-order valence-electron chi connectivity index (χ4n) is 2.05. The molecule has 0 aliphatic rings. The third kappa shape index (κ3) is 2.51. The number of nitrogens with two attached hydrogens (primary N) is 1. The van der Waals surface area contributed by atoms with Crippen molar-refractivity contribution in [3.05, 3.63) is 48.0 Å². The summed E-state index contributed by atoms with van der Waals surface area (Å²) in [6.45, 7) is 3.66. The molecule has 0 bridgehead atoms. The summed E-state index contributed by atoms with van der Waals surface area (Å²) in [4.78, 5) is 11.6. The van der Waals surface area contributed by atoms with E-state index in [2.05, 4.69) is 23.5 Å². The van der Waals surface area contributed by atoms with Crippen LogP contribution in [-0.2, 0) is 4.79 Å². The Kier molecular flexibility index (Phi) is 3.63. The van der Waals surface area contributed by atoms with Crippen LogP contribution in [0.3, 0.4) is 0 Å². The van der Waals surface area contributed by atoms with E-state index in [1.165, 1.54) is 5.39 Å². The van der Waals surface area contributed by atoms with Gasteiger partial charge < -0.3 is 11.1 Å². The predicted octanol–water partition coefficient (Wildman–Crippen LogP) is 2.36. The number of carbonyl (C=O) groups excluding carboxylic acids is 1. The molecule has 2 rings (SSSR count). The van der Waals surface area contributed by atoms with Crippen molar-refractivity contribution in [1.82, 2.24) is 5.32 Å². The van der Waals surface area contributed by atoms with Crippen LogP contribution in [0.15, 0.2) is 42.5 Å². The molecule has 0 fully saturated rings. The largest absolute Gasteiger partial charge is 0.348 e. The Morgan fingerprint density at radius 1 is 1.11 bits per heavy atom. The highest BCUT2D eigenvalue weighted by Crippen LogP contribution is 2.23. The minimum atomic E-state index is -0.484. The molecule has 2 aromatic carbocycles. The second-order valence-corrected chi connectivity index (χ2v) is 4.59. The number of fused-ring (bicyclic) bond motifs is 1. The highest BCUT2D eigenvalue weighted by atomic mass is 16.2. The van der Waals surface area contributed by atoms with E-state index in [-0.39, 0.29) is 11.9 Å². The zero-order valence-electron chi connectivity index (χ0n) is 10.7. The van der Waals surface area contributed by atoms with Crippen molar-refractivity contribution in [2.45, 2.75) is 25.9 Å². The lowest BCUT2D eigenvalue weighted by atomic mass is 9.99. The van der Waals surface area contributed by atoms with Crippen molar-refractivity contribution in [1.29, 1.82) is 0 Å². The maximum absolute atomic E-state index is 11.6. The summed E-state index contributed by atoms with van der Waals surface area (Å²) in [6, 6.07) is 13.7. The summed E-state index contributed by atoms with van der Waals surface area (Å²) in [5.74, 6) is -0.129. The Hall–Kier alpha value is -1.87. The number of hydrogen-bond donors (Lipinski definition) is 2. The van der Waals surface area contributed by atoms with Crippen LogP contribution >= 0.6 is 0 Å². The first kappa shape index (κ1) is 12.6. The topological polar surface area (TPSA) is 55.1 Å². The van der Waals surface area contributed by atoms with Gasteiger partial charge in [0, 0.05) is 0 Å².